The lowest BCUT2D eigenvalue weighted by molar-refractivity contribution is -0.142. The van der Waals surface area contributed by atoms with Crippen molar-refractivity contribution in [2.45, 2.75) is 96.4 Å². The van der Waals surface area contributed by atoms with E-state index in [1.54, 1.807) is 62.4 Å². The van der Waals surface area contributed by atoms with Crippen molar-refractivity contribution in [2.75, 3.05) is 6.54 Å². The molecule has 0 aliphatic carbocycles. The third-order valence-electron chi connectivity index (χ3n) is 7.71. The molecule has 0 fully saturated rings. The van der Waals surface area contributed by atoms with Gasteiger partial charge in [0.05, 0.1) is 6.04 Å². The van der Waals surface area contributed by atoms with Gasteiger partial charge in [-0.15, -0.1) is 0 Å². The summed E-state index contributed by atoms with van der Waals surface area (Å²) in [4.78, 5) is 65.7. The molecule has 0 saturated heterocycles. The molecule has 0 heterocycles. The molecule has 5 unspecified atom stereocenters. The molecule has 258 valence electrons. The van der Waals surface area contributed by atoms with Crippen LogP contribution in [0.2, 0.25) is 0 Å². The van der Waals surface area contributed by atoms with Crippen LogP contribution >= 0.6 is 0 Å². The van der Waals surface area contributed by atoms with Crippen molar-refractivity contribution in [3.63, 3.8) is 0 Å². The molecular weight excluding hydrogens is 600 g/mol. The smallest absolute Gasteiger partial charge is 0.326 e. The van der Waals surface area contributed by atoms with Crippen LogP contribution in [0.15, 0.2) is 60.7 Å². The Morgan fingerprint density at radius 1 is 0.660 bits per heavy atom. The van der Waals surface area contributed by atoms with E-state index >= 15 is 0 Å². The molecule has 47 heavy (non-hydrogen) atoms. The number of carbonyl (C=O) groups excluding carboxylic acids is 4. The Kier molecular flexibility index (Phi) is 16.6. The minimum absolute atomic E-state index is 0.0443. The number of rotatable bonds is 20. The molecule has 0 saturated carbocycles. The van der Waals surface area contributed by atoms with Gasteiger partial charge in [-0.2, -0.15) is 0 Å². The highest BCUT2D eigenvalue weighted by atomic mass is 16.4. The molecule has 0 aliphatic rings. The Morgan fingerprint density at radius 3 is 1.64 bits per heavy atom. The van der Waals surface area contributed by atoms with Crippen molar-refractivity contribution in [3.8, 4) is 0 Å². The van der Waals surface area contributed by atoms with E-state index in [0.29, 0.717) is 25.8 Å². The minimum Gasteiger partial charge on any atom is -0.480 e. The van der Waals surface area contributed by atoms with Crippen LogP contribution in [-0.4, -0.2) is 71.5 Å². The minimum atomic E-state index is -1.23. The van der Waals surface area contributed by atoms with Gasteiger partial charge >= 0.3 is 5.97 Å². The number of hydrogen-bond acceptors (Lipinski definition) is 7. The zero-order valence-corrected chi connectivity index (χ0v) is 27.9. The van der Waals surface area contributed by atoms with Crippen LogP contribution < -0.4 is 32.7 Å². The summed E-state index contributed by atoms with van der Waals surface area (Å²) in [6, 6.07) is 12.8. The van der Waals surface area contributed by atoms with Crippen molar-refractivity contribution < 1.29 is 29.1 Å². The molecule has 0 radical (unpaired) electrons. The fourth-order valence-electron chi connectivity index (χ4n) is 5.05. The average Bonchev–Trinajstić information content (AvgIpc) is 3.03. The highest BCUT2D eigenvalue weighted by molar-refractivity contribution is 5.95. The van der Waals surface area contributed by atoms with Crippen LogP contribution in [-0.2, 0) is 36.8 Å². The van der Waals surface area contributed by atoms with Crippen LogP contribution in [0.1, 0.15) is 64.5 Å². The second-order valence-corrected chi connectivity index (χ2v) is 12.7. The Morgan fingerprint density at radius 2 is 1.15 bits per heavy atom. The molecule has 12 heteroatoms. The van der Waals surface area contributed by atoms with Crippen LogP contribution in [0.5, 0.6) is 0 Å². The summed E-state index contributed by atoms with van der Waals surface area (Å²) in [7, 11) is 0. The number of nitrogens with two attached hydrogens (primary N) is 2. The first-order valence-corrected chi connectivity index (χ1v) is 16.3. The van der Waals surface area contributed by atoms with Gasteiger partial charge in [-0.05, 0) is 48.8 Å². The highest BCUT2D eigenvalue weighted by Gasteiger charge is 2.33. The molecule has 12 nitrogen and oxygen atoms in total. The number of carboxylic acids is 1. The van der Waals surface area contributed by atoms with E-state index in [9.17, 15) is 29.1 Å². The Hall–Kier alpha value is -4.29. The number of unbranched alkanes of at least 4 members (excludes halogenated alkanes) is 1. The van der Waals surface area contributed by atoms with Crippen molar-refractivity contribution in [3.05, 3.63) is 71.8 Å². The van der Waals surface area contributed by atoms with Crippen LogP contribution in [0.25, 0.3) is 0 Å². The standard InChI is InChI=1S/C35H52N6O6/c1-22(2)19-27(38-31(42)26(37)17-11-12-18-36)33(44)41-30(23(3)4)34(45)39-28(20-24-13-7-5-8-14-24)32(43)40-29(35(46)47)21-25-15-9-6-10-16-25/h5-10,13-16,22-23,26-30H,11-12,17-21,36-37H2,1-4H3,(H,38,42)(H,39,45)(H,40,43)(H,41,44)(H,46,47). The average molecular weight is 653 g/mol. The molecule has 0 aromatic heterocycles. The SMILES string of the molecule is CC(C)CC(NC(=O)C(N)CCCCN)C(=O)NC(C(=O)NC(Cc1ccccc1)C(=O)NC(Cc1ccccc1)C(=O)O)C(C)C. The summed E-state index contributed by atoms with van der Waals surface area (Å²) >= 11 is 0. The predicted octanol–water partition coefficient (Wildman–Crippen LogP) is 1.65. The van der Waals surface area contributed by atoms with Gasteiger partial charge in [-0.3, -0.25) is 19.2 Å². The molecule has 9 N–H and O–H groups in total. The molecule has 2 aromatic carbocycles. The molecule has 2 aromatic rings. The van der Waals surface area contributed by atoms with Crippen molar-refractivity contribution in [1.82, 2.24) is 21.3 Å². The predicted molar refractivity (Wildman–Crippen MR) is 181 cm³/mol. The number of amides is 4. The molecule has 2 rings (SSSR count). The quantitative estimate of drug-likeness (QED) is 0.105. The highest BCUT2D eigenvalue weighted by Crippen LogP contribution is 2.11. The van der Waals surface area contributed by atoms with Crippen LogP contribution in [0.4, 0.5) is 0 Å². The number of benzene rings is 2. The first-order chi connectivity index (χ1) is 22.3. The first-order valence-electron chi connectivity index (χ1n) is 16.3. The first kappa shape index (κ1) is 38.9. The fraction of sp³-hybridized carbons (Fsp3) is 0.514. The lowest BCUT2D eigenvalue weighted by Gasteiger charge is -2.28. The normalized spacial score (nSPS) is 14.4. The third-order valence-corrected chi connectivity index (χ3v) is 7.71. The van der Waals surface area contributed by atoms with Gasteiger partial charge < -0.3 is 37.8 Å². The Bertz CT molecular complexity index is 1290. The van der Waals surface area contributed by atoms with Crippen LogP contribution in [0.3, 0.4) is 0 Å². The summed E-state index contributed by atoms with van der Waals surface area (Å²) < 4.78 is 0. The number of hydrogen-bond donors (Lipinski definition) is 7. The van der Waals surface area contributed by atoms with Crippen molar-refractivity contribution in [1.29, 1.82) is 0 Å². The maximum Gasteiger partial charge on any atom is 0.326 e. The van der Waals surface area contributed by atoms with Crippen LogP contribution in [0, 0.1) is 11.8 Å². The third kappa shape index (κ3) is 13.9. The molecular formula is C35H52N6O6. The lowest BCUT2D eigenvalue weighted by Crippen LogP contribution is -2.60. The van der Waals surface area contributed by atoms with Gasteiger partial charge in [0, 0.05) is 12.8 Å². The number of carbonyl (C=O) groups is 5. The number of carboxylic acid groups (broad SMARTS) is 1. The summed E-state index contributed by atoms with van der Waals surface area (Å²) in [5.74, 6) is -3.86. The summed E-state index contributed by atoms with van der Waals surface area (Å²) in [5, 5.41) is 20.7. The topological polar surface area (TPSA) is 206 Å². The van der Waals surface area contributed by atoms with Gasteiger partial charge in [-0.1, -0.05) is 94.8 Å². The number of aliphatic carboxylic acids is 1. The summed E-state index contributed by atoms with van der Waals surface area (Å²) in [6.07, 6.45) is 2.29. The molecule has 0 aliphatic heterocycles. The Balaban J connectivity index is 2.24. The molecule has 0 bridgehead atoms. The fourth-order valence-corrected chi connectivity index (χ4v) is 5.05. The monoisotopic (exact) mass is 652 g/mol. The molecule has 5 atom stereocenters. The van der Waals surface area contributed by atoms with Gasteiger partial charge in [0.1, 0.15) is 24.2 Å². The van der Waals surface area contributed by atoms with Gasteiger partial charge in [0.25, 0.3) is 0 Å². The molecule has 0 spiro atoms. The second kappa shape index (κ2) is 20.1. The number of nitrogens with one attached hydrogen (secondary N) is 4. The summed E-state index contributed by atoms with van der Waals surface area (Å²) in [5.41, 5.74) is 13.1. The van der Waals surface area contributed by atoms with E-state index < -0.39 is 65.7 Å². The second-order valence-electron chi connectivity index (χ2n) is 12.7. The van der Waals surface area contributed by atoms with E-state index in [0.717, 1.165) is 17.5 Å². The van der Waals surface area contributed by atoms with E-state index in [1.807, 2.05) is 26.0 Å². The summed E-state index contributed by atoms with van der Waals surface area (Å²) in [6.45, 7) is 7.82. The van der Waals surface area contributed by atoms with E-state index in [4.69, 9.17) is 11.5 Å². The van der Waals surface area contributed by atoms with Gasteiger partial charge in [0.2, 0.25) is 23.6 Å². The zero-order valence-electron chi connectivity index (χ0n) is 27.9. The largest absolute Gasteiger partial charge is 0.480 e. The van der Waals surface area contributed by atoms with E-state index in [1.165, 1.54) is 0 Å². The van der Waals surface area contributed by atoms with Crippen molar-refractivity contribution >= 4 is 29.6 Å². The van der Waals surface area contributed by atoms with Crippen molar-refractivity contribution in [2.24, 2.45) is 23.3 Å². The van der Waals surface area contributed by atoms with E-state index in [2.05, 4.69) is 21.3 Å². The maximum atomic E-state index is 13.7. The maximum absolute atomic E-state index is 13.7. The molecule has 4 amide bonds. The van der Waals surface area contributed by atoms with Gasteiger partial charge in [-0.25, -0.2) is 4.79 Å². The van der Waals surface area contributed by atoms with Gasteiger partial charge in [0.15, 0.2) is 0 Å². The van der Waals surface area contributed by atoms with E-state index in [-0.39, 0.29) is 18.8 Å². The lowest BCUT2D eigenvalue weighted by atomic mass is 9.98. The zero-order chi connectivity index (χ0) is 34.9. The Labute approximate surface area is 277 Å².